The first-order valence-corrected chi connectivity index (χ1v) is 19.1. The Bertz CT molecular complexity index is 2650. The predicted molar refractivity (Wildman–Crippen MR) is 232 cm³/mol. The molecule has 1 heterocycles. The monoisotopic (exact) mass is 696 g/mol. The lowest BCUT2D eigenvalue weighted by Crippen LogP contribution is -2.16. The second kappa shape index (κ2) is 13.5. The molecule has 1 aromatic heterocycles. The van der Waals surface area contributed by atoms with Crippen molar-refractivity contribution in [3.8, 4) is 27.9 Å². The summed E-state index contributed by atoms with van der Waals surface area (Å²) >= 11 is 0. The SMILES string of the molecule is C/C=C\C(=C/CC)c1ccc(N(c2ccc(-c3ccc(-n4c5ccccc5c5ccccc54)cc3)cc2)c2ccc3c(c2)C(C)(C)c2ccccc2-3)cc1. The largest absolute Gasteiger partial charge is 0.310 e. The summed E-state index contributed by atoms with van der Waals surface area (Å²) in [5.74, 6) is 0. The van der Waals surface area contributed by atoms with Crippen molar-refractivity contribution >= 4 is 44.4 Å². The van der Waals surface area contributed by atoms with E-state index in [0.717, 1.165) is 29.2 Å². The van der Waals surface area contributed by atoms with Crippen LogP contribution >= 0.6 is 0 Å². The van der Waals surface area contributed by atoms with Gasteiger partial charge in [0.1, 0.15) is 0 Å². The van der Waals surface area contributed by atoms with E-state index < -0.39 is 0 Å². The molecule has 0 bridgehead atoms. The Morgan fingerprint density at radius 3 is 1.74 bits per heavy atom. The Morgan fingerprint density at radius 1 is 0.574 bits per heavy atom. The standard InChI is InChI=1S/C52H44N2/c1-5-13-36(14-6-2)37-21-27-40(28-22-37)53(43-33-34-45-44-15-7-10-18-48(44)52(3,4)49(45)35-43)41-29-23-38(24-30-41)39-25-31-42(32-26-39)54-50-19-11-8-16-46(50)47-17-9-12-20-51(47)54/h5,7-35H,6H2,1-4H3/b13-5-,36-14+. The van der Waals surface area contributed by atoms with Crippen molar-refractivity contribution in [3.05, 3.63) is 199 Å². The molecular formula is C52H44N2. The number of nitrogens with zero attached hydrogens (tertiary/aromatic N) is 2. The number of allylic oxidation sites excluding steroid dienone is 4. The van der Waals surface area contributed by atoms with Crippen molar-refractivity contribution in [2.24, 2.45) is 0 Å². The van der Waals surface area contributed by atoms with E-state index in [1.807, 2.05) is 0 Å². The molecule has 54 heavy (non-hydrogen) atoms. The third-order valence-corrected chi connectivity index (χ3v) is 11.2. The van der Waals surface area contributed by atoms with Crippen molar-refractivity contribution in [1.29, 1.82) is 0 Å². The summed E-state index contributed by atoms with van der Waals surface area (Å²) in [6.07, 6.45) is 7.60. The Kier molecular flexibility index (Phi) is 8.39. The van der Waals surface area contributed by atoms with Gasteiger partial charge < -0.3 is 9.47 Å². The molecule has 0 amide bonds. The van der Waals surface area contributed by atoms with Crippen molar-refractivity contribution in [3.63, 3.8) is 0 Å². The summed E-state index contributed by atoms with van der Waals surface area (Å²) < 4.78 is 2.37. The molecule has 8 aromatic rings. The van der Waals surface area contributed by atoms with Gasteiger partial charge in [-0.25, -0.2) is 0 Å². The highest BCUT2D eigenvalue weighted by molar-refractivity contribution is 6.09. The van der Waals surface area contributed by atoms with Gasteiger partial charge in [-0.05, 0) is 119 Å². The van der Waals surface area contributed by atoms with E-state index in [9.17, 15) is 0 Å². The molecule has 0 saturated heterocycles. The summed E-state index contributed by atoms with van der Waals surface area (Å²) in [7, 11) is 0. The smallest absolute Gasteiger partial charge is 0.0541 e. The van der Waals surface area contributed by atoms with Crippen molar-refractivity contribution in [2.45, 2.75) is 39.5 Å². The van der Waals surface area contributed by atoms with Crippen LogP contribution in [0.5, 0.6) is 0 Å². The third-order valence-electron chi connectivity index (χ3n) is 11.2. The second-order valence-electron chi connectivity index (χ2n) is 14.8. The predicted octanol–water partition coefficient (Wildman–Crippen LogP) is 14.6. The van der Waals surface area contributed by atoms with Crippen LogP contribution in [0.2, 0.25) is 0 Å². The van der Waals surface area contributed by atoms with Crippen LogP contribution in [-0.4, -0.2) is 4.57 Å². The fraction of sp³-hybridized carbons (Fsp3) is 0.115. The van der Waals surface area contributed by atoms with Crippen molar-refractivity contribution in [2.75, 3.05) is 4.90 Å². The normalized spacial score (nSPS) is 13.4. The molecule has 0 aliphatic heterocycles. The molecule has 1 aliphatic rings. The van der Waals surface area contributed by atoms with Gasteiger partial charge >= 0.3 is 0 Å². The van der Waals surface area contributed by atoms with Gasteiger partial charge in [0.25, 0.3) is 0 Å². The highest BCUT2D eigenvalue weighted by atomic mass is 15.1. The van der Waals surface area contributed by atoms with E-state index in [4.69, 9.17) is 0 Å². The van der Waals surface area contributed by atoms with Gasteiger partial charge in [0, 0.05) is 38.9 Å². The van der Waals surface area contributed by atoms with Crippen LogP contribution in [0.1, 0.15) is 50.8 Å². The van der Waals surface area contributed by atoms with Gasteiger partial charge in [-0.3, -0.25) is 0 Å². The van der Waals surface area contributed by atoms with E-state index in [-0.39, 0.29) is 5.41 Å². The minimum Gasteiger partial charge on any atom is -0.310 e. The quantitative estimate of drug-likeness (QED) is 0.144. The maximum Gasteiger partial charge on any atom is 0.0541 e. The molecule has 0 atom stereocenters. The molecule has 0 saturated carbocycles. The number of hydrogen-bond donors (Lipinski definition) is 0. The first kappa shape index (κ1) is 33.5. The Labute approximate surface area is 319 Å². The van der Waals surface area contributed by atoms with E-state index in [1.165, 1.54) is 66.3 Å². The number of fused-ring (bicyclic) bond motifs is 6. The van der Waals surface area contributed by atoms with Gasteiger partial charge in [-0.1, -0.05) is 142 Å². The van der Waals surface area contributed by atoms with Gasteiger partial charge in [0.15, 0.2) is 0 Å². The van der Waals surface area contributed by atoms with Gasteiger partial charge in [-0.2, -0.15) is 0 Å². The van der Waals surface area contributed by atoms with Gasteiger partial charge in [0.05, 0.1) is 11.0 Å². The maximum atomic E-state index is 2.41. The molecular weight excluding hydrogens is 653 g/mol. The topological polar surface area (TPSA) is 8.17 Å². The zero-order valence-corrected chi connectivity index (χ0v) is 31.4. The lowest BCUT2D eigenvalue weighted by Gasteiger charge is -2.28. The first-order valence-electron chi connectivity index (χ1n) is 19.1. The molecule has 9 rings (SSSR count). The van der Waals surface area contributed by atoms with Crippen LogP contribution in [0.4, 0.5) is 17.1 Å². The highest BCUT2D eigenvalue weighted by Crippen LogP contribution is 2.50. The van der Waals surface area contributed by atoms with Crippen LogP contribution in [0.15, 0.2) is 182 Å². The molecule has 0 unspecified atom stereocenters. The Balaban J connectivity index is 1.09. The van der Waals surface area contributed by atoms with Crippen LogP contribution in [0, 0.1) is 0 Å². The summed E-state index contributed by atoms with van der Waals surface area (Å²) in [6.45, 7) is 8.98. The highest BCUT2D eigenvalue weighted by Gasteiger charge is 2.35. The number of benzene rings is 7. The average Bonchev–Trinajstić information content (AvgIpc) is 3.67. The second-order valence-corrected chi connectivity index (χ2v) is 14.8. The minimum atomic E-state index is -0.0843. The van der Waals surface area contributed by atoms with Gasteiger partial charge in [0.2, 0.25) is 0 Å². The number of aromatic nitrogens is 1. The molecule has 1 aliphatic carbocycles. The summed E-state index contributed by atoms with van der Waals surface area (Å²) in [5, 5.41) is 2.55. The Hall–Kier alpha value is -6.38. The molecule has 2 heteroatoms. The zero-order chi connectivity index (χ0) is 36.8. The van der Waals surface area contributed by atoms with E-state index >= 15 is 0 Å². The fourth-order valence-corrected chi connectivity index (χ4v) is 8.57. The van der Waals surface area contributed by atoms with E-state index in [1.54, 1.807) is 0 Å². The summed E-state index contributed by atoms with van der Waals surface area (Å²) in [5.41, 5.74) is 17.2. The molecule has 262 valence electrons. The number of hydrogen-bond acceptors (Lipinski definition) is 1. The van der Waals surface area contributed by atoms with Crippen molar-refractivity contribution < 1.29 is 0 Å². The Morgan fingerprint density at radius 2 is 1.11 bits per heavy atom. The minimum absolute atomic E-state index is 0.0843. The van der Waals surface area contributed by atoms with E-state index in [0.29, 0.717) is 0 Å². The van der Waals surface area contributed by atoms with Crippen LogP contribution in [0.3, 0.4) is 0 Å². The number of para-hydroxylation sites is 2. The zero-order valence-electron chi connectivity index (χ0n) is 31.4. The fourth-order valence-electron chi connectivity index (χ4n) is 8.57. The maximum absolute atomic E-state index is 2.41. The van der Waals surface area contributed by atoms with Crippen LogP contribution in [0.25, 0.3) is 55.3 Å². The number of anilines is 3. The lowest BCUT2D eigenvalue weighted by atomic mass is 9.82. The molecule has 0 radical (unpaired) electrons. The third kappa shape index (κ3) is 5.58. The molecule has 2 nitrogen and oxygen atoms in total. The molecule has 7 aromatic carbocycles. The molecule has 0 fully saturated rings. The molecule has 0 spiro atoms. The number of rotatable bonds is 8. The first-order chi connectivity index (χ1) is 26.5. The summed E-state index contributed by atoms with van der Waals surface area (Å²) in [6, 6.07) is 60.3. The summed E-state index contributed by atoms with van der Waals surface area (Å²) in [4.78, 5) is 2.40. The molecule has 0 N–H and O–H groups in total. The lowest BCUT2D eigenvalue weighted by molar-refractivity contribution is 0.660. The average molecular weight is 697 g/mol. The van der Waals surface area contributed by atoms with Gasteiger partial charge in [-0.15, -0.1) is 0 Å². The van der Waals surface area contributed by atoms with Crippen LogP contribution < -0.4 is 4.90 Å². The van der Waals surface area contributed by atoms with Crippen LogP contribution in [-0.2, 0) is 5.41 Å². The van der Waals surface area contributed by atoms with E-state index in [2.05, 4.69) is 219 Å². The van der Waals surface area contributed by atoms with Crippen molar-refractivity contribution in [1.82, 2.24) is 4.57 Å².